The Morgan fingerprint density at radius 3 is 2.37 bits per heavy atom. The van der Waals surface area contributed by atoms with Crippen LogP contribution in [0.4, 0.5) is 17.1 Å². The average molecular weight is 361 g/mol. The monoisotopic (exact) mass is 361 g/mol. The molecule has 0 atom stereocenters. The standard InChI is InChI=1S/C21H19N3O3/c1-14(25)15-7-9-17(10-8-15)23-18-11-16(12-22-13-18)21(26)24-19-5-3-4-6-20(19)27-2/h3-13,23H,1-2H3,(H,24,26). The summed E-state index contributed by atoms with van der Waals surface area (Å²) in [4.78, 5) is 28.0. The van der Waals surface area contributed by atoms with E-state index in [1.54, 1.807) is 55.8 Å². The number of benzene rings is 2. The van der Waals surface area contributed by atoms with E-state index in [1.807, 2.05) is 12.1 Å². The maximum atomic E-state index is 12.5. The first-order valence-electron chi connectivity index (χ1n) is 8.34. The third-order valence-electron chi connectivity index (χ3n) is 3.94. The number of hydrogen-bond donors (Lipinski definition) is 2. The van der Waals surface area contributed by atoms with Crippen LogP contribution in [0.15, 0.2) is 67.0 Å². The number of para-hydroxylation sites is 2. The number of amides is 1. The van der Waals surface area contributed by atoms with Crippen molar-refractivity contribution in [3.8, 4) is 5.75 Å². The van der Waals surface area contributed by atoms with Gasteiger partial charge in [0.05, 0.1) is 30.2 Å². The van der Waals surface area contributed by atoms with E-state index in [4.69, 9.17) is 4.74 Å². The number of carbonyl (C=O) groups excluding carboxylic acids is 2. The molecule has 0 bridgehead atoms. The summed E-state index contributed by atoms with van der Waals surface area (Å²) < 4.78 is 5.24. The Hall–Kier alpha value is -3.67. The molecule has 0 spiro atoms. The quantitative estimate of drug-likeness (QED) is 0.640. The molecule has 1 amide bonds. The molecule has 1 aromatic heterocycles. The Bertz CT molecular complexity index is 968. The second kappa shape index (κ2) is 8.14. The molecule has 2 N–H and O–H groups in total. The van der Waals surface area contributed by atoms with Gasteiger partial charge >= 0.3 is 0 Å². The van der Waals surface area contributed by atoms with Crippen molar-refractivity contribution in [3.63, 3.8) is 0 Å². The SMILES string of the molecule is COc1ccccc1NC(=O)c1cncc(Nc2ccc(C(C)=O)cc2)c1. The summed E-state index contributed by atoms with van der Waals surface area (Å²) in [6, 6.07) is 16.0. The van der Waals surface area contributed by atoms with Crippen molar-refractivity contribution in [1.82, 2.24) is 4.98 Å². The van der Waals surface area contributed by atoms with Gasteiger partial charge in [-0.15, -0.1) is 0 Å². The van der Waals surface area contributed by atoms with Crippen molar-refractivity contribution >= 4 is 28.8 Å². The second-order valence-corrected chi connectivity index (χ2v) is 5.88. The number of methoxy groups -OCH3 is 1. The lowest BCUT2D eigenvalue weighted by molar-refractivity contribution is 0.101. The lowest BCUT2D eigenvalue weighted by Crippen LogP contribution is -2.13. The number of nitrogens with one attached hydrogen (secondary N) is 2. The van der Waals surface area contributed by atoms with E-state index in [-0.39, 0.29) is 11.7 Å². The molecule has 0 saturated heterocycles. The molecule has 0 aliphatic heterocycles. The minimum absolute atomic E-state index is 0.0122. The summed E-state index contributed by atoms with van der Waals surface area (Å²) in [6.45, 7) is 1.52. The van der Waals surface area contributed by atoms with Crippen molar-refractivity contribution in [3.05, 3.63) is 78.1 Å². The van der Waals surface area contributed by atoms with Crippen LogP contribution in [0.5, 0.6) is 5.75 Å². The third kappa shape index (κ3) is 4.49. The molecule has 0 fully saturated rings. The molecule has 6 heteroatoms. The molecule has 1 heterocycles. The van der Waals surface area contributed by atoms with Crippen LogP contribution in [-0.2, 0) is 0 Å². The topological polar surface area (TPSA) is 80.3 Å². The smallest absolute Gasteiger partial charge is 0.257 e. The normalized spacial score (nSPS) is 10.1. The number of nitrogens with zero attached hydrogens (tertiary/aromatic N) is 1. The van der Waals surface area contributed by atoms with Gasteiger partial charge in [0.25, 0.3) is 5.91 Å². The highest BCUT2D eigenvalue weighted by atomic mass is 16.5. The van der Waals surface area contributed by atoms with Gasteiger partial charge in [0.2, 0.25) is 0 Å². The predicted octanol–water partition coefficient (Wildman–Crippen LogP) is 4.29. The number of ketones is 1. The van der Waals surface area contributed by atoms with Crippen LogP contribution in [0.3, 0.4) is 0 Å². The molecule has 6 nitrogen and oxygen atoms in total. The first kappa shape index (κ1) is 18.1. The lowest BCUT2D eigenvalue weighted by Gasteiger charge is -2.11. The zero-order valence-corrected chi connectivity index (χ0v) is 15.0. The van der Waals surface area contributed by atoms with Crippen LogP contribution in [0.2, 0.25) is 0 Å². The molecule has 2 aromatic carbocycles. The van der Waals surface area contributed by atoms with Crippen LogP contribution in [0, 0.1) is 0 Å². The number of rotatable bonds is 6. The summed E-state index contributed by atoms with van der Waals surface area (Å²) in [5, 5.41) is 5.99. The van der Waals surface area contributed by atoms with Crippen molar-refractivity contribution < 1.29 is 14.3 Å². The minimum atomic E-state index is -0.289. The molecule has 136 valence electrons. The summed E-state index contributed by atoms with van der Waals surface area (Å²) in [6.07, 6.45) is 3.12. The highest BCUT2D eigenvalue weighted by Crippen LogP contribution is 2.24. The van der Waals surface area contributed by atoms with Crippen molar-refractivity contribution in [2.45, 2.75) is 6.92 Å². The van der Waals surface area contributed by atoms with Crippen molar-refractivity contribution in [1.29, 1.82) is 0 Å². The molecule has 27 heavy (non-hydrogen) atoms. The molecule has 0 unspecified atom stereocenters. The highest BCUT2D eigenvalue weighted by molar-refractivity contribution is 6.05. The zero-order valence-electron chi connectivity index (χ0n) is 15.0. The van der Waals surface area contributed by atoms with Gasteiger partial charge in [-0.2, -0.15) is 0 Å². The Balaban J connectivity index is 1.74. The van der Waals surface area contributed by atoms with Crippen LogP contribution >= 0.6 is 0 Å². The van der Waals surface area contributed by atoms with Gasteiger partial charge < -0.3 is 15.4 Å². The van der Waals surface area contributed by atoms with E-state index in [1.165, 1.54) is 13.1 Å². The number of carbonyl (C=O) groups is 2. The molecule has 3 aromatic rings. The Labute approximate surface area is 157 Å². The van der Waals surface area contributed by atoms with E-state index in [0.717, 1.165) is 5.69 Å². The maximum absolute atomic E-state index is 12.5. The zero-order chi connectivity index (χ0) is 19.2. The maximum Gasteiger partial charge on any atom is 0.257 e. The summed E-state index contributed by atoms with van der Waals surface area (Å²) in [5.41, 5.74) is 3.10. The summed E-state index contributed by atoms with van der Waals surface area (Å²) in [5.74, 6) is 0.305. The largest absolute Gasteiger partial charge is 0.495 e. The van der Waals surface area contributed by atoms with E-state index in [9.17, 15) is 9.59 Å². The van der Waals surface area contributed by atoms with Crippen LogP contribution in [0.1, 0.15) is 27.6 Å². The van der Waals surface area contributed by atoms with E-state index in [0.29, 0.717) is 28.3 Å². The fourth-order valence-electron chi connectivity index (χ4n) is 2.53. The lowest BCUT2D eigenvalue weighted by atomic mass is 10.1. The molecular formula is C21H19N3O3. The first-order chi connectivity index (χ1) is 13.1. The Kier molecular flexibility index (Phi) is 5.47. The van der Waals surface area contributed by atoms with Gasteiger partial charge in [-0.1, -0.05) is 12.1 Å². The second-order valence-electron chi connectivity index (χ2n) is 5.88. The summed E-state index contributed by atoms with van der Waals surface area (Å²) >= 11 is 0. The average Bonchev–Trinajstić information content (AvgIpc) is 2.69. The van der Waals surface area contributed by atoms with Crippen LogP contribution in [0.25, 0.3) is 0 Å². The van der Waals surface area contributed by atoms with Gasteiger partial charge in [0.1, 0.15) is 5.75 Å². The first-order valence-corrected chi connectivity index (χ1v) is 8.34. The van der Waals surface area contributed by atoms with E-state index in [2.05, 4.69) is 15.6 Å². The van der Waals surface area contributed by atoms with E-state index < -0.39 is 0 Å². The molecule has 0 radical (unpaired) electrons. The molecule has 0 aliphatic carbocycles. The van der Waals surface area contributed by atoms with Gasteiger partial charge in [0.15, 0.2) is 5.78 Å². The fourth-order valence-corrected chi connectivity index (χ4v) is 2.53. The molecular weight excluding hydrogens is 342 g/mol. The van der Waals surface area contributed by atoms with Gasteiger partial charge in [-0.25, -0.2) is 0 Å². The summed E-state index contributed by atoms with van der Waals surface area (Å²) in [7, 11) is 1.55. The van der Waals surface area contributed by atoms with Gasteiger partial charge in [-0.05, 0) is 49.4 Å². The number of anilines is 3. The predicted molar refractivity (Wildman–Crippen MR) is 105 cm³/mol. The number of Topliss-reactive ketones (excluding diaryl/α,β-unsaturated/α-hetero) is 1. The molecule has 3 rings (SSSR count). The number of aromatic nitrogens is 1. The van der Waals surface area contributed by atoms with Gasteiger partial charge in [-0.3, -0.25) is 14.6 Å². The number of pyridine rings is 1. The van der Waals surface area contributed by atoms with Crippen molar-refractivity contribution in [2.75, 3.05) is 17.7 Å². The minimum Gasteiger partial charge on any atom is -0.495 e. The van der Waals surface area contributed by atoms with Crippen LogP contribution < -0.4 is 15.4 Å². The van der Waals surface area contributed by atoms with E-state index >= 15 is 0 Å². The number of hydrogen-bond acceptors (Lipinski definition) is 5. The fraction of sp³-hybridized carbons (Fsp3) is 0.0952. The molecule has 0 saturated carbocycles. The van der Waals surface area contributed by atoms with Crippen molar-refractivity contribution in [2.24, 2.45) is 0 Å². The third-order valence-corrected chi connectivity index (χ3v) is 3.94. The van der Waals surface area contributed by atoms with Gasteiger partial charge in [0, 0.05) is 17.4 Å². The highest BCUT2D eigenvalue weighted by Gasteiger charge is 2.10. The van der Waals surface area contributed by atoms with Crippen LogP contribution in [-0.4, -0.2) is 23.8 Å². The molecule has 0 aliphatic rings. The Morgan fingerprint density at radius 2 is 1.67 bits per heavy atom. The Morgan fingerprint density at radius 1 is 0.926 bits per heavy atom. The number of ether oxygens (including phenoxy) is 1.